The summed E-state index contributed by atoms with van der Waals surface area (Å²) in [6.07, 6.45) is 3.79. The molecule has 0 spiro atoms. The van der Waals surface area contributed by atoms with E-state index in [1.54, 1.807) is 6.07 Å². The van der Waals surface area contributed by atoms with Gasteiger partial charge in [-0.1, -0.05) is 18.6 Å². The van der Waals surface area contributed by atoms with Gasteiger partial charge in [0.1, 0.15) is 5.75 Å². The molecule has 76 valence electrons. The van der Waals surface area contributed by atoms with E-state index in [1.807, 2.05) is 12.1 Å². The number of benzene rings is 1. The quantitative estimate of drug-likeness (QED) is 0.713. The zero-order valence-corrected chi connectivity index (χ0v) is 8.37. The molecule has 1 atom stereocenters. The molecule has 0 aliphatic carbocycles. The van der Waals surface area contributed by atoms with Crippen LogP contribution in [0.15, 0.2) is 24.3 Å². The van der Waals surface area contributed by atoms with Gasteiger partial charge in [-0.15, -0.1) is 0 Å². The minimum atomic E-state index is 0.381. The van der Waals surface area contributed by atoms with Crippen molar-refractivity contribution >= 4 is 0 Å². The van der Waals surface area contributed by atoms with Crippen molar-refractivity contribution in [3.05, 3.63) is 29.8 Å². The average molecular weight is 191 g/mol. The van der Waals surface area contributed by atoms with Crippen molar-refractivity contribution in [2.24, 2.45) is 0 Å². The zero-order valence-electron chi connectivity index (χ0n) is 8.37. The van der Waals surface area contributed by atoms with Crippen molar-refractivity contribution in [1.82, 2.24) is 5.32 Å². The second kappa shape index (κ2) is 4.47. The van der Waals surface area contributed by atoms with E-state index >= 15 is 0 Å². The van der Waals surface area contributed by atoms with Gasteiger partial charge in [-0.3, -0.25) is 0 Å². The molecular formula is C12H17NO. The highest BCUT2D eigenvalue weighted by Crippen LogP contribution is 2.25. The molecule has 1 aliphatic rings. The molecule has 2 nitrogen and oxygen atoms in total. The molecule has 14 heavy (non-hydrogen) atoms. The number of phenolic OH excluding ortho intramolecular Hbond substituents is 1. The Morgan fingerprint density at radius 3 is 3.07 bits per heavy atom. The molecule has 2 heteroatoms. The molecule has 2 N–H and O–H groups in total. The van der Waals surface area contributed by atoms with E-state index in [2.05, 4.69) is 11.4 Å². The molecule has 1 saturated heterocycles. The number of phenols is 1. The van der Waals surface area contributed by atoms with Crippen LogP contribution in [0.4, 0.5) is 0 Å². The first-order valence-electron chi connectivity index (χ1n) is 5.36. The number of nitrogens with one attached hydrogen (secondary N) is 1. The monoisotopic (exact) mass is 191 g/mol. The van der Waals surface area contributed by atoms with Crippen molar-refractivity contribution in [3.63, 3.8) is 0 Å². The molecule has 0 aromatic heterocycles. The van der Waals surface area contributed by atoms with Crippen LogP contribution >= 0.6 is 0 Å². The smallest absolute Gasteiger partial charge is 0.115 e. The van der Waals surface area contributed by atoms with Gasteiger partial charge in [0.05, 0.1) is 0 Å². The minimum absolute atomic E-state index is 0.381. The lowest BCUT2D eigenvalue weighted by atomic mass is 9.94. The highest BCUT2D eigenvalue weighted by molar-refractivity contribution is 5.30. The minimum Gasteiger partial charge on any atom is -0.508 e. The van der Waals surface area contributed by atoms with Crippen LogP contribution in [0.1, 0.15) is 30.7 Å². The number of rotatable bonds is 1. The Morgan fingerprint density at radius 1 is 1.29 bits per heavy atom. The Kier molecular flexibility index (Phi) is 3.04. The van der Waals surface area contributed by atoms with Crippen LogP contribution in [0.25, 0.3) is 0 Å². The normalized spacial score (nSPS) is 23.0. The maximum absolute atomic E-state index is 9.39. The summed E-state index contributed by atoms with van der Waals surface area (Å²) in [5.41, 5.74) is 1.26. The van der Waals surface area contributed by atoms with E-state index in [0.717, 1.165) is 13.1 Å². The van der Waals surface area contributed by atoms with Gasteiger partial charge >= 0.3 is 0 Å². The predicted molar refractivity (Wildman–Crippen MR) is 57.6 cm³/mol. The Morgan fingerprint density at radius 2 is 2.21 bits per heavy atom. The van der Waals surface area contributed by atoms with Crippen LogP contribution in [-0.2, 0) is 0 Å². The second-order valence-corrected chi connectivity index (χ2v) is 3.99. The van der Waals surface area contributed by atoms with Crippen LogP contribution < -0.4 is 5.32 Å². The molecule has 1 aromatic carbocycles. The first-order valence-corrected chi connectivity index (χ1v) is 5.36. The number of aromatic hydroxyl groups is 1. The summed E-state index contributed by atoms with van der Waals surface area (Å²) in [5.74, 6) is 0.955. The van der Waals surface area contributed by atoms with Gasteiger partial charge in [0, 0.05) is 6.54 Å². The van der Waals surface area contributed by atoms with Crippen molar-refractivity contribution in [3.8, 4) is 5.75 Å². The Hall–Kier alpha value is -1.02. The maximum atomic E-state index is 9.39. The molecule has 1 heterocycles. The molecule has 0 radical (unpaired) electrons. The molecule has 0 amide bonds. The molecular weight excluding hydrogens is 174 g/mol. The highest BCUT2D eigenvalue weighted by Gasteiger charge is 2.13. The summed E-state index contributed by atoms with van der Waals surface area (Å²) in [5, 5.41) is 12.8. The molecule has 1 aliphatic heterocycles. The zero-order chi connectivity index (χ0) is 9.80. The second-order valence-electron chi connectivity index (χ2n) is 3.99. The van der Waals surface area contributed by atoms with Crippen LogP contribution in [0.2, 0.25) is 0 Å². The van der Waals surface area contributed by atoms with Crippen LogP contribution in [0, 0.1) is 0 Å². The summed E-state index contributed by atoms with van der Waals surface area (Å²) in [6.45, 7) is 2.18. The van der Waals surface area contributed by atoms with Crippen LogP contribution in [0.3, 0.4) is 0 Å². The largest absolute Gasteiger partial charge is 0.508 e. The molecule has 1 unspecified atom stereocenters. The van der Waals surface area contributed by atoms with Gasteiger partial charge in [0.15, 0.2) is 0 Å². The molecule has 0 bridgehead atoms. The van der Waals surface area contributed by atoms with Crippen molar-refractivity contribution in [2.45, 2.75) is 25.2 Å². The van der Waals surface area contributed by atoms with Crippen LogP contribution in [0.5, 0.6) is 5.75 Å². The van der Waals surface area contributed by atoms with E-state index in [1.165, 1.54) is 24.8 Å². The van der Waals surface area contributed by atoms with Gasteiger partial charge in [0.25, 0.3) is 0 Å². The number of hydrogen-bond donors (Lipinski definition) is 2. The van der Waals surface area contributed by atoms with Gasteiger partial charge in [0.2, 0.25) is 0 Å². The third-order valence-corrected chi connectivity index (χ3v) is 2.89. The summed E-state index contributed by atoms with van der Waals surface area (Å²) in [4.78, 5) is 0. The lowest BCUT2D eigenvalue weighted by molar-refractivity contribution is 0.473. The number of hydrogen-bond acceptors (Lipinski definition) is 2. The summed E-state index contributed by atoms with van der Waals surface area (Å²) in [7, 11) is 0. The van der Waals surface area contributed by atoms with Crippen molar-refractivity contribution in [1.29, 1.82) is 0 Å². The van der Waals surface area contributed by atoms with Crippen molar-refractivity contribution < 1.29 is 5.11 Å². The molecule has 2 rings (SSSR count). The highest BCUT2D eigenvalue weighted by atomic mass is 16.3. The fourth-order valence-corrected chi connectivity index (χ4v) is 2.08. The van der Waals surface area contributed by atoms with E-state index in [9.17, 15) is 5.11 Å². The fourth-order valence-electron chi connectivity index (χ4n) is 2.08. The molecule has 1 fully saturated rings. The van der Waals surface area contributed by atoms with Gasteiger partial charge in [-0.05, 0) is 43.0 Å². The third-order valence-electron chi connectivity index (χ3n) is 2.89. The van der Waals surface area contributed by atoms with E-state index in [0.29, 0.717) is 11.7 Å². The van der Waals surface area contributed by atoms with Crippen molar-refractivity contribution in [2.75, 3.05) is 13.1 Å². The first kappa shape index (κ1) is 9.53. The van der Waals surface area contributed by atoms with Gasteiger partial charge in [-0.2, -0.15) is 0 Å². The van der Waals surface area contributed by atoms with E-state index in [-0.39, 0.29) is 0 Å². The summed E-state index contributed by atoms with van der Waals surface area (Å²) in [6, 6.07) is 7.65. The first-order chi connectivity index (χ1) is 6.86. The standard InChI is InChI=1S/C12H17NO/c14-12-6-3-5-10(8-12)11-4-1-2-7-13-9-11/h3,5-6,8,11,13-14H,1-2,4,7,9H2. The Labute approximate surface area is 85.0 Å². The van der Waals surface area contributed by atoms with Gasteiger partial charge < -0.3 is 10.4 Å². The van der Waals surface area contributed by atoms with Gasteiger partial charge in [-0.25, -0.2) is 0 Å². The lowest BCUT2D eigenvalue weighted by Crippen LogP contribution is -2.19. The predicted octanol–water partition coefficient (Wildman–Crippen LogP) is 2.25. The molecule has 0 saturated carbocycles. The Balaban J connectivity index is 2.12. The Bertz CT molecular complexity index is 290. The van der Waals surface area contributed by atoms with E-state index < -0.39 is 0 Å². The van der Waals surface area contributed by atoms with E-state index in [4.69, 9.17) is 0 Å². The fraction of sp³-hybridized carbons (Fsp3) is 0.500. The summed E-state index contributed by atoms with van der Waals surface area (Å²) >= 11 is 0. The lowest BCUT2D eigenvalue weighted by Gasteiger charge is -2.14. The molecule has 1 aromatic rings. The third kappa shape index (κ3) is 2.26. The maximum Gasteiger partial charge on any atom is 0.115 e. The average Bonchev–Trinajstić information content (AvgIpc) is 2.45. The SMILES string of the molecule is Oc1cccc(C2CCCCNC2)c1. The summed E-state index contributed by atoms with van der Waals surface area (Å²) < 4.78 is 0. The van der Waals surface area contributed by atoms with Crippen LogP contribution in [-0.4, -0.2) is 18.2 Å². The topological polar surface area (TPSA) is 32.3 Å².